The van der Waals surface area contributed by atoms with E-state index in [1.165, 1.54) is 0 Å². The monoisotopic (exact) mass is 219 g/mol. The molecule has 0 N–H and O–H groups in total. The Balaban J connectivity index is 2.13. The molecule has 16 heavy (non-hydrogen) atoms. The Morgan fingerprint density at radius 2 is 2.25 bits per heavy atom. The van der Waals surface area contributed by atoms with E-state index in [1.54, 1.807) is 18.2 Å². The van der Waals surface area contributed by atoms with Gasteiger partial charge in [-0.2, -0.15) is 4.99 Å². The van der Waals surface area contributed by atoms with Crippen LogP contribution in [0, 0.1) is 5.82 Å². The summed E-state index contributed by atoms with van der Waals surface area (Å²) in [6.07, 6.45) is 3.58. The summed E-state index contributed by atoms with van der Waals surface area (Å²) in [5.74, 6) is 0.360. The molecule has 1 aromatic rings. The van der Waals surface area contributed by atoms with E-state index >= 15 is 0 Å². The van der Waals surface area contributed by atoms with Gasteiger partial charge in [0, 0.05) is 17.5 Å². The van der Waals surface area contributed by atoms with Gasteiger partial charge in [-0.25, -0.2) is 9.18 Å². The molecule has 4 heteroatoms. The average Bonchev–Trinajstić information content (AvgIpc) is 2.89. The predicted octanol–water partition coefficient (Wildman–Crippen LogP) is 2.09. The highest BCUT2D eigenvalue weighted by Crippen LogP contribution is 2.51. The first-order valence-corrected chi connectivity index (χ1v) is 5.30. The molecule has 0 spiro atoms. The van der Waals surface area contributed by atoms with Crippen molar-refractivity contribution in [3.63, 3.8) is 0 Å². The number of rotatable bonds is 2. The van der Waals surface area contributed by atoms with Gasteiger partial charge in [-0.15, -0.1) is 0 Å². The van der Waals surface area contributed by atoms with Crippen molar-refractivity contribution in [1.29, 1.82) is 0 Å². The van der Waals surface area contributed by atoms with Crippen LogP contribution >= 0.6 is 0 Å². The Hall–Kier alpha value is -1.67. The molecule has 3 nitrogen and oxygen atoms in total. The topological polar surface area (TPSA) is 38.7 Å². The number of fused-ring (bicyclic) bond motifs is 1. The van der Waals surface area contributed by atoms with Gasteiger partial charge in [-0.3, -0.25) is 0 Å². The molecule has 0 saturated heterocycles. The van der Waals surface area contributed by atoms with E-state index in [0.717, 1.165) is 12.8 Å². The number of aliphatic imine (C=N–C) groups is 1. The second kappa shape index (κ2) is 3.16. The third-order valence-corrected chi connectivity index (χ3v) is 3.29. The van der Waals surface area contributed by atoms with Crippen molar-refractivity contribution >= 4 is 6.08 Å². The quantitative estimate of drug-likeness (QED) is 0.564. The summed E-state index contributed by atoms with van der Waals surface area (Å²) in [4.78, 5) is 14.1. The van der Waals surface area contributed by atoms with Crippen LogP contribution in [0.3, 0.4) is 0 Å². The SMILES string of the molecule is O=C=NC1(c2ccc3c(c2F)CCO3)CC1. The second-order valence-electron chi connectivity index (χ2n) is 4.24. The van der Waals surface area contributed by atoms with Crippen LogP contribution < -0.4 is 4.74 Å². The molecule has 0 amide bonds. The molecule has 0 aromatic heterocycles. The molecule has 1 heterocycles. The number of halogens is 1. The summed E-state index contributed by atoms with van der Waals surface area (Å²) in [5.41, 5.74) is 0.494. The van der Waals surface area contributed by atoms with Gasteiger partial charge in [-0.05, 0) is 25.0 Å². The standard InChI is InChI=1S/C12H10FNO2/c13-11-8-3-6-16-10(8)2-1-9(11)12(4-5-12)14-7-15/h1-2H,3-6H2. The molecule has 82 valence electrons. The molecule has 0 radical (unpaired) electrons. The molecule has 1 saturated carbocycles. The Kier molecular flexibility index (Phi) is 1.88. The van der Waals surface area contributed by atoms with E-state index in [-0.39, 0.29) is 5.82 Å². The van der Waals surface area contributed by atoms with E-state index < -0.39 is 5.54 Å². The minimum atomic E-state index is -0.635. The molecular formula is C12H10FNO2. The zero-order valence-corrected chi connectivity index (χ0v) is 8.62. The lowest BCUT2D eigenvalue weighted by Crippen LogP contribution is -2.07. The Morgan fingerprint density at radius 3 is 2.94 bits per heavy atom. The van der Waals surface area contributed by atoms with Crippen molar-refractivity contribution in [3.8, 4) is 5.75 Å². The third-order valence-electron chi connectivity index (χ3n) is 3.29. The summed E-state index contributed by atoms with van der Waals surface area (Å²) in [7, 11) is 0. The lowest BCUT2D eigenvalue weighted by molar-refractivity contribution is 0.356. The Labute approximate surface area is 91.9 Å². The number of carbonyl (C=O) groups excluding carboxylic acids is 1. The van der Waals surface area contributed by atoms with Gasteiger partial charge >= 0.3 is 0 Å². The van der Waals surface area contributed by atoms with E-state index in [0.29, 0.717) is 29.9 Å². The first kappa shape index (κ1) is 9.55. The van der Waals surface area contributed by atoms with Gasteiger partial charge in [0.15, 0.2) is 0 Å². The summed E-state index contributed by atoms with van der Waals surface area (Å²) in [5, 5.41) is 0. The smallest absolute Gasteiger partial charge is 0.235 e. The maximum Gasteiger partial charge on any atom is 0.235 e. The molecule has 3 rings (SSSR count). The second-order valence-corrected chi connectivity index (χ2v) is 4.24. The van der Waals surface area contributed by atoms with Crippen molar-refractivity contribution in [3.05, 3.63) is 29.1 Å². The van der Waals surface area contributed by atoms with E-state index in [1.807, 2.05) is 0 Å². The van der Waals surface area contributed by atoms with Crippen LogP contribution in [0.5, 0.6) is 5.75 Å². The van der Waals surface area contributed by atoms with Crippen molar-refractivity contribution in [1.82, 2.24) is 0 Å². The van der Waals surface area contributed by atoms with Crippen LogP contribution in [0.15, 0.2) is 17.1 Å². The van der Waals surface area contributed by atoms with Gasteiger partial charge in [0.2, 0.25) is 6.08 Å². The highest BCUT2D eigenvalue weighted by atomic mass is 19.1. The van der Waals surface area contributed by atoms with Gasteiger partial charge in [0.25, 0.3) is 0 Å². The number of benzene rings is 1. The zero-order chi connectivity index (χ0) is 11.2. The average molecular weight is 219 g/mol. The van der Waals surface area contributed by atoms with Crippen LogP contribution in [0.2, 0.25) is 0 Å². The fraction of sp³-hybridized carbons (Fsp3) is 0.417. The van der Waals surface area contributed by atoms with Crippen LogP contribution in [0.4, 0.5) is 4.39 Å². The maximum atomic E-state index is 14.2. The van der Waals surface area contributed by atoms with Crippen molar-refractivity contribution < 1.29 is 13.9 Å². The molecule has 2 aliphatic rings. The fourth-order valence-electron chi connectivity index (χ4n) is 2.24. The number of hydrogen-bond donors (Lipinski definition) is 0. The Bertz CT molecular complexity index is 502. The maximum absolute atomic E-state index is 14.2. The first-order chi connectivity index (χ1) is 7.77. The fourth-order valence-corrected chi connectivity index (χ4v) is 2.24. The highest BCUT2D eigenvalue weighted by molar-refractivity contribution is 5.48. The molecular weight excluding hydrogens is 209 g/mol. The van der Waals surface area contributed by atoms with E-state index in [4.69, 9.17) is 4.74 Å². The van der Waals surface area contributed by atoms with E-state index in [2.05, 4.69) is 4.99 Å². The van der Waals surface area contributed by atoms with Crippen LogP contribution in [0.1, 0.15) is 24.0 Å². The lowest BCUT2D eigenvalue weighted by atomic mass is 10.00. The minimum Gasteiger partial charge on any atom is -0.493 e. The molecule has 1 aliphatic carbocycles. The van der Waals surface area contributed by atoms with Gasteiger partial charge < -0.3 is 4.74 Å². The zero-order valence-electron chi connectivity index (χ0n) is 8.62. The minimum absolute atomic E-state index is 0.258. The third kappa shape index (κ3) is 1.20. The van der Waals surface area contributed by atoms with Gasteiger partial charge in [-0.1, -0.05) is 0 Å². The largest absolute Gasteiger partial charge is 0.493 e. The predicted molar refractivity (Wildman–Crippen MR) is 54.6 cm³/mol. The molecule has 1 aliphatic heterocycles. The molecule has 1 aromatic carbocycles. The van der Waals surface area contributed by atoms with Gasteiger partial charge in [0.1, 0.15) is 17.1 Å². The number of isocyanates is 1. The van der Waals surface area contributed by atoms with Gasteiger partial charge in [0.05, 0.1) is 6.61 Å². The normalized spacial score (nSPS) is 19.6. The van der Waals surface area contributed by atoms with Crippen molar-refractivity contribution in [2.75, 3.05) is 6.61 Å². The molecule has 0 unspecified atom stereocenters. The van der Waals surface area contributed by atoms with E-state index in [9.17, 15) is 9.18 Å². The highest BCUT2D eigenvalue weighted by Gasteiger charge is 2.47. The van der Waals surface area contributed by atoms with Crippen molar-refractivity contribution in [2.24, 2.45) is 4.99 Å². The molecule has 0 atom stereocenters. The lowest BCUT2D eigenvalue weighted by Gasteiger charge is -2.11. The summed E-state index contributed by atoms with van der Waals surface area (Å²) >= 11 is 0. The summed E-state index contributed by atoms with van der Waals surface area (Å²) in [6.45, 7) is 0.527. The summed E-state index contributed by atoms with van der Waals surface area (Å²) < 4.78 is 19.4. The molecule has 0 bridgehead atoms. The van der Waals surface area contributed by atoms with Crippen molar-refractivity contribution in [2.45, 2.75) is 24.8 Å². The van der Waals surface area contributed by atoms with Crippen LogP contribution in [0.25, 0.3) is 0 Å². The first-order valence-electron chi connectivity index (χ1n) is 5.30. The van der Waals surface area contributed by atoms with Crippen LogP contribution in [-0.4, -0.2) is 12.7 Å². The Morgan fingerprint density at radius 1 is 1.44 bits per heavy atom. The molecule has 1 fully saturated rings. The number of hydrogen-bond acceptors (Lipinski definition) is 3. The number of ether oxygens (including phenoxy) is 1. The number of nitrogens with zero attached hydrogens (tertiary/aromatic N) is 1. The van der Waals surface area contributed by atoms with Crippen LogP contribution in [-0.2, 0) is 16.8 Å². The summed E-state index contributed by atoms with van der Waals surface area (Å²) in [6, 6.07) is 3.44.